The molecule has 1 heterocycles. The molecule has 0 aliphatic heterocycles. The number of carboxylic acids is 1. The van der Waals surface area contributed by atoms with Gasteiger partial charge in [-0.2, -0.15) is 4.98 Å². The number of nitrogens with one attached hydrogen (secondary N) is 1. The van der Waals surface area contributed by atoms with Gasteiger partial charge in [0.15, 0.2) is 0 Å². The van der Waals surface area contributed by atoms with Crippen molar-refractivity contribution in [2.24, 2.45) is 0 Å². The molecular formula is C12H12FN3O3. The number of aliphatic carboxylic acids is 1. The second kappa shape index (κ2) is 5.57. The number of carbonyl (C=O) groups is 1. The van der Waals surface area contributed by atoms with Crippen LogP contribution >= 0.6 is 0 Å². The first kappa shape index (κ1) is 13.2. The third-order valence-corrected chi connectivity index (χ3v) is 2.50. The predicted molar refractivity (Wildman–Crippen MR) is 63.6 cm³/mol. The van der Waals surface area contributed by atoms with E-state index in [4.69, 9.17) is 9.63 Å². The van der Waals surface area contributed by atoms with Crippen molar-refractivity contribution in [1.82, 2.24) is 15.5 Å². The average molecular weight is 265 g/mol. The highest BCUT2D eigenvalue weighted by molar-refractivity contribution is 5.72. The summed E-state index contributed by atoms with van der Waals surface area (Å²) in [5.74, 6) is -0.699. The highest BCUT2D eigenvalue weighted by Crippen LogP contribution is 2.15. The van der Waals surface area contributed by atoms with Gasteiger partial charge in [0.25, 0.3) is 0 Å². The first-order valence-corrected chi connectivity index (χ1v) is 5.61. The Hall–Kier alpha value is -2.28. The minimum absolute atomic E-state index is 0.154. The van der Waals surface area contributed by atoms with Gasteiger partial charge >= 0.3 is 5.97 Å². The highest BCUT2D eigenvalue weighted by Gasteiger charge is 2.13. The Balaban J connectivity index is 2.03. The van der Waals surface area contributed by atoms with Crippen LogP contribution in [0.5, 0.6) is 0 Å². The molecule has 0 unspecified atom stereocenters. The van der Waals surface area contributed by atoms with E-state index in [2.05, 4.69) is 15.5 Å². The van der Waals surface area contributed by atoms with E-state index in [0.717, 1.165) is 0 Å². The van der Waals surface area contributed by atoms with E-state index in [1.165, 1.54) is 31.2 Å². The zero-order valence-electron chi connectivity index (χ0n) is 10.1. The molecule has 2 N–H and O–H groups in total. The molecular weight excluding hydrogens is 253 g/mol. The SMILES string of the molecule is C[C@H](NCc1nc(-c2ccc(F)cc2)no1)C(=O)O. The van der Waals surface area contributed by atoms with E-state index in [1.807, 2.05) is 0 Å². The summed E-state index contributed by atoms with van der Waals surface area (Å²) in [4.78, 5) is 14.7. The van der Waals surface area contributed by atoms with Crippen molar-refractivity contribution in [3.63, 3.8) is 0 Å². The number of nitrogens with zero attached hydrogens (tertiary/aromatic N) is 2. The summed E-state index contributed by atoms with van der Waals surface area (Å²) in [6.07, 6.45) is 0. The number of aromatic nitrogens is 2. The Kier molecular flexibility index (Phi) is 3.86. The molecule has 0 fully saturated rings. The van der Waals surface area contributed by atoms with E-state index in [1.54, 1.807) is 0 Å². The van der Waals surface area contributed by atoms with Gasteiger partial charge in [0, 0.05) is 5.56 Å². The normalized spacial score (nSPS) is 12.3. The Labute approximate surface area is 108 Å². The number of hydrogen-bond acceptors (Lipinski definition) is 5. The second-order valence-corrected chi connectivity index (χ2v) is 3.96. The molecule has 0 bridgehead atoms. The Bertz CT molecular complexity index is 568. The summed E-state index contributed by atoms with van der Waals surface area (Å²) in [6.45, 7) is 1.67. The van der Waals surface area contributed by atoms with Crippen molar-refractivity contribution in [2.45, 2.75) is 19.5 Å². The molecule has 0 radical (unpaired) electrons. The van der Waals surface area contributed by atoms with Gasteiger partial charge in [0.2, 0.25) is 11.7 Å². The third-order valence-electron chi connectivity index (χ3n) is 2.50. The summed E-state index contributed by atoms with van der Waals surface area (Å²) >= 11 is 0. The van der Waals surface area contributed by atoms with E-state index >= 15 is 0 Å². The fourth-order valence-corrected chi connectivity index (χ4v) is 1.37. The molecule has 0 amide bonds. The summed E-state index contributed by atoms with van der Waals surface area (Å²) in [5, 5.41) is 15.2. The first-order valence-electron chi connectivity index (χ1n) is 5.61. The van der Waals surface area contributed by atoms with Crippen LogP contribution in [0, 0.1) is 5.82 Å². The molecule has 1 atom stereocenters. The molecule has 0 spiro atoms. The molecule has 1 aromatic heterocycles. The second-order valence-electron chi connectivity index (χ2n) is 3.96. The third kappa shape index (κ3) is 3.35. The highest BCUT2D eigenvalue weighted by atomic mass is 19.1. The Morgan fingerprint density at radius 3 is 2.79 bits per heavy atom. The van der Waals surface area contributed by atoms with Gasteiger partial charge in [0.1, 0.15) is 11.9 Å². The minimum Gasteiger partial charge on any atom is -0.480 e. The van der Waals surface area contributed by atoms with Gasteiger partial charge in [-0.3, -0.25) is 10.1 Å². The van der Waals surface area contributed by atoms with Crippen LogP contribution in [0.4, 0.5) is 4.39 Å². The van der Waals surface area contributed by atoms with Crippen LogP contribution in [0.25, 0.3) is 11.4 Å². The molecule has 2 aromatic rings. The average Bonchev–Trinajstić information content (AvgIpc) is 2.85. The van der Waals surface area contributed by atoms with E-state index in [9.17, 15) is 9.18 Å². The zero-order chi connectivity index (χ0) is 13.8. The number of hydrogen-bond donors (Lipinski definition) is 2. The molecule has 2 rings (SSSR count). The molecule has 6 nitrogen and oxygen atoms in total. The van der Waals surface area contributed by atoms with Gasteiger partial charge in [-0.15, -0.1) is 0 Å². The van der Waals surface area contributed by atoms with Crippen molar-refractivity contribution in [3.8, 4) is 11.4 Å². The number of halogens is 1. The van der Waals surface area contributed by atoms with Crippen LogP contribution in [0.1, 0.15) is 12.8 Å². The van der Waals surface area contributed by atoms with Crippen LogP contribution in [-0.2, 0) is 11.3 Å². The van der Waals surface area contributed by atoms with Crippen LogP contribution in [0.3, 0.4) is 0 Å². The molecule has 0 aliphatic rings. The Morgan fingerprint density at radius 1 is 1.47 bits per heavy atom. The van der Waals surface area contributed by atoms with Gasteiger partial charge in [-0.1, -0.05) is 5.16 Å². The maximum atomic E-state index is 12.8. The summed E-state index contributed by atoms with van der Waals surface area (Å²) in [7, 11) is 0. The maximum absolute atomic E-state index is 12.8. The van der Waals surface area contributed by atoms with Crippen molar-refractivity contribution in [1.29, 1.82) is 0 Å². The number of rotatable bonds is 5. The van der Waals surface area contributed by atoms with Crippen molar-refractivity contribution >= 4 is 5.97 Å². The molecule has 19 heavy (non-hydrogen) atoms. The Morgan fingerprint density at radius 2 is 2.16 bits per heavy atom. The molecule has 0 saturated heterocycles. The van der Waals surface area contributed by atoms with Crippen LogP contribution in [-0.4, -0.2) is 27.3 Å². The van der Waals surface area contributed by atoms with Gasteiger partial charge in [-0.05, 0) is 31.2 Å². The first-order chi connectivity index (χ1) is 9.06. The van der Waals surface area contributed by atoms with Gasteiger partial charge < -0.3 is 9.63 Å². The zero-order valence-corrected chi connectivity index (χ0v) is 10.1. The van der Waals surface area contributed by atoms with Crippen LogP contribution in [0.2, 0.25) is 0 Å². The van der Waals surface area contributed by atoms with Crippen LogP contribution < -0.4 is 5.32 Å². The van der Waals surface area contributed by atoms with E-state index in [-0.39, 0.29) is 18.3 Å². The lowest BCUT2D eigenvalue weighted by Gasteiger charge is -2.05. The number of benzene rings is 1. The van der Waals surface area contributed by atoms with E-state index in [0.29, 0.717) is 11.4 Å². The summed E-state index contributed by atoms with van der Waals surface area (Å²) in [5.41, 5.74) is 0.627. The predicted octanol–water partition coefficient (Wildman–Crippen LogP) is 1.44. The van der Waals surface area contributed by atoms with Crippen LogP contribution in [0.15, 0.2) is 28.8 Å². The smallest absolute Gasteiger partial charge is 0.320 e. The van der Waals surface area contributed by atoms with E-state index < -0.39 is 12.0 Å². The number of carboxylic acid groups (broad SMARTS) is 1. The molecule has 1 aromatic carbocycles. The van der Waals surface area contributed by atoms with Crippen molar-refractivity contribution in [2.75, 3.05) is 0 Å². The summed E-state index contributed by atoms with van der Waals surface area (Å²) < 4.78 is 17.7. The van der Waals surface area contributed by atoms with Gasteiger partial charge in [-0.25, -0.2) is 4.39 Å². The van der Waals surface area contributed by atoms with Gasteiger partial charge in [0.05, 0.1) is 6.54 Å². The molecule has 0 saturated carbocycles. The maximum Gasteiger partial charge on any atom is 0.320 e. The molecule has 7 heteroatoms. The standard InChI is InChI=1S/C12H12FN3O3/c1-7(12(17)18)14-6-10-15-11(16-19-10)8-2-4-9(13)5-3-8/h2-5,7,14H,6H2,1H3,(H,17,18)/t7-/m0/s1. The minimum atomic E-state index is -0.960. The topological polar surface area (TPSA) is 88.3 Å². The molecule has 0 aliphatic carbocycles. The van der Waals surface area contributed by atoms with Crippen molar-refractivity contribution < 1.29 is 18.8 Å². The lowest BCUT2D eigenvalue weighted by Crippen LogP contribution is -2.33. The fraction of sp³-hybridized carbons (Fsp3) is 0.250. The lowest BCUT2D eigenvalue weighted by atomic mass is 10.2. The fourth-order valence-electron chi connectivity index (χ4n) is 1.37. The summed E-state index contributed by atoms with van der Waals surface area (Å²) in [6, 6.07) is 4.97. The largest absolute Gasteiger partial charge is 0.480 e. The quantitative estimate of drug-likeness (QED) is 0.850. The monoisotopic (exact) mass is 265 g/mol. The molecule has 100 valence electrons. The van der Waals surface area contributed by atoms with Crippen molar-refractivity contribution in [3.05, 3.63) is 36.0 Å². The lowest BCUT2D eigenvalue weighted by molar-refractivity contribution is -0.139.